The lowest BCUT2D eigenvalue weighted by atomic mass is 10.1. The average Bonchev–Trinajstić information content (AvgIpc) is 2.82. The zero-order chi connectivity index (χ0) is 13.7. The van der Waals surface area contributed by atoms with Gasteiger partial charge in [-0.1, -0.05) is 17.9 Å². The molecule has 0 radical (unpaired) electrons. The molecule has 0 aliphatic carbocycles. The standard InChI is InChI=1S/C15H13FO2S/c1-11-15(6-8-18-11)19-10-12-4-5-14(16)13(9-12)3-2-7-17/h4-6,8-9,17H,7,10H2,1H3. The van der Waals surface area contributed by atoms with E-state index >= 15 is 0 Å². The van der Waals surface area contributed by atoms with Crippen molar-refractivity contribution >= 4 is 11.8 Å². The monoisotopic (exact) mass is 276 g/mol. The van der Waals surface area contributed by atoms with Crippen LogP contribution in [-0.4, -0.2) is 11.7 Å². The molecule has 1 aromatic heterocycles. The number of benzene rings is 1. The zero-order valence-electron chi connectivity index (χ0n) is 10.4. The first-order chi connectivity index (χ1) is 9.20. The molecule has 2 aromatic rings. The predicted octanol–water partition coefficient (Wildman–Crippen LogP) is 3.36. The maximum atomic E-state index is 13.5. The van der Waals surface area contributed by atoms with E-state index in [2.05, 4.69) is 11.8 Å². The molecule has 2 nitrogen and oxygen atoms in total. The molecule has 0 saturated carbocycles. The van der Waals surface area contributed by atoms with Crippen LogP contribution in [0.5, 0.6) is 0 Å². The SMILES string of the molecule is Cc1occc1SCc1ccc(F)c(C#CCO)c1. The molecule has 0 aliphatic rings. The molecular weight excluding hydrogens is 263 g/mol. The van der Waals surface area contributed by atoms with Crippen LogP contribution in [0.15, 0.2) is 39.8 Å². The fourth-order valence-corrected chi connectivity index (χ4v) is 2.48. The van der Waals surface area contributed by atoms with Crippen LogP contribution in [0.2, 0.25) is 0 Å². The Bertz CT molecular complexity index is 623. The number of rotatable bonds is 3. The van der Waals surface area contributed by atoms with E-state index in [-0.39, 0.29) is 12.4 Å². The lowest BCUT2D eigenvalue weighted by Crippen LogP contribution is -1.88. The quantitative estimate of drug-likeness (QED) is 0.689. The molecule has 2 rings (SSSR count). The summed E-state index contributed by atoms with van der Waals surface area (Å²) in [5.74, 6) is 6.29. The summed E-state index contributed by atoms with van der Waals surface area (Å²) in [6, 6.07) is 6.76. The average molecular weight is 276 g/mol. The van der Waals surface area contributed by atoms with Gasteiger partial charge in [0, 0.05) is 10.6 Å². The lowest BCUT2D eigenvalue weighted by Gasteiger charge is -2.02. The molecule has 0 atom stereocenters. The van der Waals surface area contributed by atoms with Gasteiger partial charge in [0.15, 0.2) is 0 Å². The number of hydrogen-bond donors (Lipinski definition) is 1. The second-order valence-electron chi connectivity index (χ2n) is 3.90. The summed E-state index contributed by atoms with van der Waals surface area (Å²) in [5, 5.41) is 8.64. The van der Waals surface area contributed by atoms with Crippen molar-refractivity contribution in [1.29, 1.82) is 0 Å². The summed E-state index contributed by atoms with van der Waals surface area (Å²) in [6.45, 7) is 1.64. The maximum absolute atomic E-state index is 13.5. The van der Waals surface area contributed by atoms with Crippen LogP contribution < -0.4 is 0 Å². The van der Waals surface area contributed by atoms with Crippen LogP contribution >= 0.6 is 11.8 Å². The summed E-state index contributed by atoms with van der Waals surface area (Å²) in [5.41, 5.74) is 1.30. The molecule has 98 valence electrons. The zero-order valence-corrected chi connectivity index (χ0v) is 11.3. The van der Waals surface area contributed by atoms with Crippen molar-refractivity contribution in [3.05, 3.63) is 53.2 Å². The Morgan fingerprint density at radius 3 is 2.89 bits per heavy atom. The molecule has 4 heteroatoms. The Hall–Kier alpha value is -1.70. The van der Waals surface area contributed by atoms with Gasteiger partial charge in [0.1, 0.15) is 18.2 Å². The summed E-state index contributed by atoms with van der Waals surface area (Å²) in [6.07, 6.45) is 1.65. The minimum atomic E-state index is -0.366. The third-order valence-electron chi connectivity index (χ3n) is 2.54. The Morgan fingerprint density at radius 2 is 2.21 bits per heavy atom. The molecular formula is C15H13FO2S. The van der Waals surface area contributed by atoms with Crippen LogP contribution in [0.4, 0.5) is 4.39 Å². The number of thioether (sulfide) groups is 1. The van der Waals surface area contributed by atoms with Crippen molar-refractivity contribution in [3.8, 4) is 11.8 Å². The maximum Gasteiger partial charge on any atom is 0.138 e. The van der Waals surface area contributed by atoms with Crippen LogP contribution in [-0.2, 0) is 5.75 Å². The van der Waals surface area contributed by atoms with E-state index in [9.17, 15) is 4.39 Å². The van der Waals surface area contributed by atoms with E-state index in [4.69, 9.17) is 9.52 Å². The van der Waals surface area contributed by atoms with E-state index in [0.29, 0.717) is 11.3 Å². The van der Waals surface area contributed by atoms with Crippen molar-refractivity contribution in [2.45, 2.75) is 17.6 Å². The normalized spacial score (nSPS) is 10.1. The smallest absolute Gasteiger partial charge is 0.138 e. The van der Waals surface area contributed by atoms with Gasteiger partial charge in [0.25, 0.3) is 0 Å². The minimum Gasteiger partial charge on any atom is -0.468 e. The van der Waals surface area contributed by atoms with Gasteiger partial charge < -0.3 is 9.52 Å². The summed E-state index contributed by atoms with van der Waals surface area (Å²) >= 11 is 1.63. The molecule has 0 unspecified atom stereocenters. The third-order valence-corrected chi connectivity index (χ3v) is 3.75. The van der Waals surface area contributed by atoms with Crippen molar-refractivity contribution in [1.82, 2.24) is 0 Å². The highest BCUT2D eigenvalue weighted by molar-refractivity contribution is 7.98. The fourth-order valence-electron chi connectivity index (χ4n) is 1.58. The number of aliphatic hydroxyl groups is 1. The van der Waals surface area contributed by atoms with Crippen LogP contribution in [0, 0.1) is 24.6 Å². The first-order valence-electron chi connectivity index (χ1n) is 5.75. The first-order valence-corrected chi connectivity index (χ1v) is 6.74. The second kappa shape index (κ2) is 6.46. The fraction of sp³-hybridized carbons (Fsp3) is 0.200. The summed E-state index contributed by atoms with van der Waals surface area (Å²) in [4.78, 5) is 1.08. The Morgan fingerprint density at radius 1 is 1.37 bits per heavy atom. The molecule has 0 amide bonds. The Balaban J connectivity index is 2.11. The Labute approximate surface area is 115 Å². The topological polar surface area (TPSA) is 33.4 Å². The number of halogens is 1. The lowest BCUT2D eigenvalue weighted by molar-refractivity contribution is 0.350. The Kier molecular flexibility index (Phi) is 4.67. The molecule has 1 heterocycles. The van der Waals surface area contributed by atoms with Crippen molar-refractivity contribution in [2.75, 3.05) is 6.61 Å². The van der Waals surface area contributed by atoms with Gasteiger partial charge >= 0.3 is 0 Å². The highest BCUT2D eigenvalue weighted by Crippen LogP contribution is 2.27. The van der Waals surface area contributed by atoms with Crippen LogP contribution in [0.1, 0.15) is 16.9 Å². The molecule has 0 aliphatic heterocycles. The third kappa shape index (κ3) is 3.63. The molecule has 19 heavy (non-hydrogen) atoms. The van der Waals surface area contributed by atoms with Gasteiger partial charge in [-0.25, -0.2) is 4.39 Å². The van der Waals surface area contributed by atoms with Crippen molar-refractivity contribution < 1.29 is 13.9 Å². The molecule has 0 bridgehead atoms. The van der Waals surface area contributed by atoms with E-state index in [1.54, 1.807) is 30.2 Å². The van der Waals surface area contributed by atoms with Crippen molar-refractivity contribution in [3.63, 3.8) is 0 Å². The highest BCUT2D eigenvalue weighted by Gasteiger charge is 2.05. The summed E-state index contributed by atoms with van der Waals surface area (Å²) < 4.78 is 18.7. The van der Waals surface area contributed by atoms with Crippen LogP contribution in [0.25, 0.3) is 0 Å². The van der Waals surface area contributed by atoms with E-state index in [1.165, 1.54) is 6.07 Å². The second-order valence-corrected chi connectivity index (χ2v) is 4.92. The van der Waals surface area contributed by atoms with Gasteiger partial charge in [-0.3, -0.25) is 0 Å². The van der Waals surface area contributed by atoms with Gasteiger partial charge in [0.05, 0.1) is 11.8 Å². The van der Waals surface area contributed by atoms with Gasteiger partial charge in [-0.05, 0) is 30.7 Å². The predicted molar refractivity (Wildman–Crippen MR) is 73.4 cm³/mol. The summed E-state index contributed by atoms with van der Waals surface area (Å²) in [7, 11) is 0. The minimum absolute atomic E-state index is 0.271. The van der Waals surface area contributed by atoms with E-state index in [1.807, 2.05) is 13.0 Å². The van der Waals surface area contributed by atoms with Crippen molar-refractivity contribution in [2.24, 2.45) is 0 Å². The number of furan rings is 1. The molecule has 0 spiro atoms. The molecule has 0 fully saturated rings. The van der Waals surface area contributed by atoms with Gasteiger partial charge in [-0.2, -0.15) is 0 Å². The number of hydrogen-bond acceptors (Lipinski definition) is 3. The molecule has 1 aromatic carbocycles. The van der Waals surface area contributed by atoms with Gasteiger partial charge in [-0.15, -0.1) is 11.8 Å². The largest absolute Gasteiger partial charge is 0.468 e. The molecule has 0 saturated heterocycles. The molecule has 1 N–H and O–H groups in total. The number of aliphatic hydroxyl groups excluding tert-OH is 1. The van der Waals surface area contributed by atoms with Gasteiger partial charge in [0.2, 0.25) is 0 Å². The number of aryl methyl sites for hydroxylation is 1. The first kappa shape index (κ1) is 13.7. The van der Waals surface area contributed by atoms with E-state index in [0.717, 1.165) is 16.2 Å². The van der Waals surface area contributed by atoms with E-state index < -0.39 is 0 Å². The highest BCUT2D eigenvalue weighted by atomic mass is 32.2. The van der Waals surface area contributed by atoms with Crippen LogP contribution in [0.3, 0.4) is 0 Å².